The van der Waals surface area contributed by atoms with Crippen molar-refractivity contribution in [2.75, 3.05) is 6.54 Å². The third-order valence-electron chi connectivity index (χ3n) is 4.94. The fraction of sp³-hybridized carbons (Fsp3) is 0.208. The Labute approximate surface area is 202 Å². The highest BCUT2D eigenvalue weighted by atomic mass is 79.9. The van der Waals surface area contributed by atoms with Crippen molar-refractivity contribution in [2.45, 2.75) is 31.3 Å². The number of amides is 1. The van der Waals surface area contributed by atoms with Crippen molar-refractivity contribution in [1.29, 1.82) is 0 Å². The predicted molar refractivity (Wildman–Crippen MR) is 131 cm³/mol. The minimum absolute atomic E-state index is 0.0747. The molecule has 5 nitrogen and oxygen atoms in total. The van der Waals surface area contributed by atoms with Gasteiger partial charge in [-0.2, -0.15) is 4.31 Å². The molecule has 3 rings (SSSR count). The summed E-state index contributed by atoms with van der Waals surface area (Å²) in [6.45, 7) is 3.56. The zero-order chi connectivity index (χ0) is 23.3. The van der Waals surface area contributed by atoms with Gasteiger partial charge in [-0.15, -0.1) is 0 Å². The van der Waals surface area contributed by atoms with Gasteiger partial charge in [0.1, 0.15) is 0 Å². The van der Waals surface area contributed by atoms with E-state index in [0.29, 0.717) is 5.02 Å². The van der Waals surface area contributed by atoms with Crippen LogP contribution in [0.4, 0.5) is 0 Å². The van der Waals surface area contributed by atoms with Gasteiger partial charge in [-0.1, -0.05) is 69.5 Å². The molecule has 8 heteroatoms. The monoisotopic (exact) mass is 534 g/mol. The summed E-state index contributed by atoms with van der Waals surface area (Å²) in [5.41, 5.74) is 2.73. The molecule has 0 saturated carbocycles. The number of benzene rings is 3. The van der Waals surface area contributed by atoms with E-state index in [9.17, 15) is 13.2 Å². The SMILES string of the molecule is Cc1cccc(CN(CC(=O)NC(C)c2cccc(Br)c2)S(=O)(=O)c2ccc(Cl)cc2)c1. The molecule has 3 aromatic rings. The molecule has 1 N–H and O–H groups in total. The zero-order valence-electron chi connectivity index (χ0n) is 17.8. The van der Waals surface area contributed by atoms with E-state index in [2.05, 4.69) is 21.2 Å². The molecule has 0 aromatic heterocycles. The van der Waals surface area contributed by atoms with Gasteiger partial charge in [0.05, 0.1) is 17.5 Å². The number of nitrogens with zero attached hydrogens (tertiary/aromatic N) is 1. The summed E-state index contributed by atoms with van der Waals surface area (Å²) in [4.78, 5) is 12.9. The molecule has 32 heavy (non-hydrogen) atoms. The second-order valence-electron chi connectivity index (χ2n) is 7.56. The summed E-state index contributed by atoms with van der Waals surface area (Å²) in [6, 6.07) is 20.8. The van der Waals surface area contributed by atoms with Crippen LogP contribution in [0.2, 0.25) is 5.02 Å². The Morgan fingerprint density at radius 1 is 1.06 bits per heavy atom. The maximum absolute atomic E-state index is 13.4. The van der Waals surface area contributed by atoms with Crippen LogP contribution >= 0.6 is 27.5 Å². The summed E-state index contributed by atoms with van der Waals surface area (Å²) in [7, 11) is -3.92. The highest BCUT2D eigenvalue weighted by Crippen LogP contribution is 2.22. The topological polar surface area (TPSA) is 66.5 Å². The van der Waals surface area contributed by atoms with Crippen LogP contribution < -0.4 is 5.32 Å². The van der Waals surface area contributed by atoms with Gasteiger partial charge < -0.3 is 5.32 Å². The third kappa shape index (κ3) is 6.42. The number of carbonyl (C=O) groups excluding carboxylic acids is 1. The third-order valence-corrected chi connectivity index (χ3v) is 7.49. The van der Waals surface area contributed by atoms with Crippen LogP contribution in [0.15, 0.2) is 82.2 Å². The molecule has 0 aliphatic carbocycles. The Hall–Kier alpha value is -2.19. The molecule has 0 fully saturated rings. The largest absolute Gasteiger partial charge is 0.348 e. The second kappa shape index (κ2) is 10.6. The number of nitrogens with one attached hydrogen (secondary N) is 1. The average Bonchev–Trinajstić information content (AvgIpc) is 2.73. The molecule has 0 spiro atoms. The quantitative estimate of drug-likeness (QED) is 0.415. The van der Waals surface area contributed by atoms with Gasteiger partial charge >= 0.3 is 0 Å². The Morgan fingerprint density at radius 2 is 1.75 bits per heavy atom. The van der Waals surface area contributed by atoms with Gasteiger partial charge in [0.25, 0.3) is 0 Å². The van der Waals surface area contributed by atoms with Gasteiger partial charge in [-0.25, -0.2) is 8.42 Å². The number of carbonyl (C=O) groups is 1. The van der Waals surface area contributed by atoms with Gasteiger partial charge in [0, 0.05) is 16.0 Å². The Kier molecular flexibility index (Phi) is 8.11. The van der Waals surface area contributed by atoms with E-state index in [4.69, 9.17) is 11.6 Å². The van der Waals surface area contributed by atoms with Crippen molar-refractivity contribution in [2.24, 2.45) is 0 Å². The van der Waals surface area contributed by atoms with Gasteiger partial charge in [-0.05, 0) is 61.4 Å². The number of aryl methyl sites for hydroxylation is 1. The fourth-order valence-corrected chi connectivity index (χ4v) is 5.23. The summed E-state index contributed by atoms with van der Waals surface area (Å²) in [5, 5.41) is 3.34. The maximum Gasteiger partial charge on any atom is 0.243 e. The van der Waals surface area contributed by atoms with Crippen molar-refractivity contribution in [3.8, 4) is 0 Å². The van der Waals surface area contributed by atoms with E-state index in [-0.39, 0.29) is 29.9 Å². The molecule has 0 heterocycles. The lowest BCUT2D eigenvalue weighted by Gasteiger charge is -2.23. The smallest absolute Gasteiger partial charge is 0.243 e. The number of hydrogen-bond donors (Lipinski definition) is 1. The van der Waals surface area contributed by atoms with Crippen LogP contribution in [-0.4, -0.2) is 25.2 Å². The van der Waals surface area contributed by atoms with Crippen molar-refractivity contribution < 1.29 is 13.2 Å². The predicted octanol–water partition coefficient (Wildman–Crippen LogP) is 5.48. The van der Waals surface area contributed by atoms with Crippen molar-refractivity contribution in [3.05, 3.63) is 99.0 Å². The molecule has 0 aliphatic heterocycles. The first-order valence-corrected chi connectivity index (χ1v) is 12.6. The fourth-order valence-electron chi connectivity index (χ4n) is 3.30. The molecule has 3 aromatic carbocycles. The van der Waals surface area contributed by atoms with Gasteiger partial charge in [0.15, 0.2) is 0 Å². The van der Waals surface area contributed by atoms with Crippen LogP contribution in [0, 0.1) is 6.92 Å². The number of hydrogen-bond acceptors (Lipinski definition) is 3. The van der Waals surface area contributed by atoms with E-state index in [1.165, 1.54) is 28.6 Å². The van der Waals surface area contributed by atoms with E-state index in [1.807, 2.05) is 62.4 Å². The van der Waals surface area contributed by atoms with Crippen LogP contribution in [-0.2, 0) is 21.4 Å². The van der Waals surface area contributed by atoms with Crippen molar-refractivity contribution in [3.63, 3.8) is 0 Å². The van der Waals surface area contributed by atoms with Crippen LogP contribution in [0.3, 0.4) is 0 Å². The molecule has 168 valence electrons. The van der Waals surface area contributed by atoms with Crippen LogP contribution in [0.5, 0.6) is 0 Å². The summed E-state index contributed by atoms with van der Waals surface area (Å²) < 4.78 is 28.8. The first-order valence-electron chi connectivity index (χ1n) is 10.0. The van der Waals surface area contributed by atoms with E-state index < -0.39 is 10.0 Å². The average molecular weight is 536 g/mol. The molecule has 0 bridgehead atoms. The van der Waals surface area contributed by atoms with Gasteiger partial charge in [0.2, 0.25) is 15.9 Å². The van der Waals surface area contributed by atoms with Crippen LogP contribution in [0.1, 0.15) is 29.7 Å². The van der Waals surface area contributed by atoms with Crippen molar-refractivity contribution >= 4 is 43.5 Å². The minimum atomic E-state index is -3.92. The van der Waals surface area contributed by atoms with Crippen LogP contribution in [0.25, 0.3) is 0 Å². The number of sulfonamides is 1. The van der Waals surface area contributed by atoms with E-state index in [1.54, 1.807) is 0 Å². The molecule has 0 saturated heterocycles. The number of halogens is 2. The summed E-state index contributed by atoms with van der Waals surface area (Å²) >= 11 is 9.35. The summed E-state index contributed by atoms with van der Waals surface area (Å²) in [6.07, 6.45) is 0. The Morgan fingerprint density at radius 3 is 2.41 bits per heavy atom. The first-order chi connectivity index (χ1) is 15.1. The molecule has 1 amide bonds. The Balaban J connectivity index is 1.84. The highest BCUT2D eigenvalue weighted by molar-refractivity contribution is 9.10. The normalized spacial score (nSPS) is 12.5. The Bertz CT molecular complexity index is 1200. The maximum atomic E-state index is 13.4. The minimum Gasteiger partial charge on any atom is -0.348 e. The van der Waals surface area contributed by atoms with E-state index in [0.717, 1.165) is 21.2 Å². The zero-order valence-corrected chi connectivity index (χ0v) is 20.9. The summed E-state index contributed by atoms with van der Waals surface area (Å²) in [5.74, 6) is -0.386. The molecular formula is C24H24BrClN2O3S. The molecule has 1 atom stereocenters. The molecule has 0 aliphatic rings. The standard InChI is InChI=1S/C24H24BrClN2O3S/c1-17-5-3-6-19(13-17)15-28(32(30,31)23-11-9-22(26)10-12-23)16-24(29)27-18(2)20-7-4-8-21(25)14-20/h3-14,18H,15-16H2,1-2H3,(H,27,29). The molecular weight excluding hydrogens is 512 g/mol. The van der Waals surface area contributed by atoms with Gasteiger partial charge in [-0.3, -0.25) is 4.79 Å². The lowest BCUT2D eigenvalue weighted by Crippen LogP contribution is -2.41. The highest BCUT2D eigenvalue weighted by Gasteiger charge is 2.27. The van der Waals surface area contributed by atoms with E-state index >= 15 is 0 Å². The molecule has 0 radical (unpaired) electrons. The lowest BCUT2D eigenvalue weighted by atomic mass is 10.1. The molecule has 1 unspecified atom stereocenters. The second-order valence-corrected chi connectivity index (χ2v) is 10.9. The lowest BCUT2D eigenvalue weighted by molar-refractivity contribution is -0.122. The van der Waals surface area contributed by atoms with Crippen molar-refractivity contribution in [1.82, 2.24) is 9.62 Å². The number of rotatable bonds is 8. The first kappa shape index (κ1) is 24.5.